The summed E-state index contributed by atoms with van der Waals surface area (Å²) in [5.41, 5.74) is 0.385. The number of carbonyl (C=O) groups excluding carboxylic acids is 1. The molecule has 0 aromatic heterocycles. The third kappa shape index (κ3) is 3.19. The molecule has 2 N–H and O–H groups in total. The van der Waals surface area contributed by atoms with E-state index in [0.29, 0.717) is 11.5 Å². The number of nitrogens with one attached hydrogen (secondary N) is 2. The summed E-state index contributed by atoms with van der Waals surface area (Å²) in [6.07, 6.45) is 4.39. The fourth-order valence-corrected chi connectivity index (χ4v) is 2.94. The van der Waals surface area contributed by atoms with Crippen LogP contribution in [0, 0.1) is 5.41 Å². The van der Waals surface area contributed by atoms with Crippen molar-refractivity contribution in [3.8, 4) is 0 Å². The minimum atomic E-state index is -0.0661. The SMILES string of the molecule is COC1CNC(C(=O)NC2CCC(C)(C)C2)C1. The topological polar surface area (TPSA) is 50.4 Å². The molecule has 2 rings (SSSR count). The minimum absolute atomic E-state index is 0.0661. The largest absolute Gasteiger partial charge is 0.380 e. The maximum Gasteiger partial charge on any atom is 0.237 e. The number of rotatable bonds is 3. The Balaban J connectivity index is 1.78. The Bertz CT molecular complexity index is 291. The Kier molecular flexibility index (Phi) is 3.73. The van der Waals surface area contributed by atoms with Crippen molar-refractivity contribution in [1.29, 1.82) is 0 Å². The molecule has 1 aliphatic carbocycles. The van der Waals surface area contributed by atoms with Gasteiger partial charge in [0.1, 0.15) is 0 Å². The Labute approximate surface area is 103 Å². The molecule has 0 aromatic carbocycles. The molecule has 2 aliphatic rings. The van der Waals surface area contributed by atoms with Crippen LogP contribution >= 0.6 is 0 Å². The lowest BCUT2D eigenvalue weighted by Crippen LogP contribution is -2.44. The number of amides is 1. The van der Waals surface area contributed by atoms with Crippen LogP contribution in [0.15, 0.2) is 0 Å². The summed E-state index contributed by atoms with van der Waals surface area (Å²) in [5.74, 6) is 0.146. The summed E-state index contributed by atoms with van der Waals surface area (Å²) in [5, 5.41) is 6.38. The van der Waals surface area contributed by atoms with E-state index < -0.39 is 0 Å². The molecule has 0 spiro atoms. The average Bonchev–Trinajstić information content (AvgIpc) is 2.85. The van der Waals surface area contributed by atoms with Crippen molar-refractivity contribution in [1.82, 2.24) is 10.6 Å². The Morgan fingerprint density at radius 3 is 2.76 bits per heavy atom. The van der Waals surface area contributed by atoms with Crippen molar-refractivity contribution in [2.24, 2.45) is 5.41 Å². The van der Waals surface area contributed by atoms with Gasteiger partial charge in [0.05, 0.1) is 12.1 Å². The third-order valence-electron chi connectivity index (χ3n) is 4.06. The molecule has 98 valence electrons. The monoisotopic (exact) mass is 240 g/mol. The summed E-state index contributed by atoms with van der Waals surface area (Å²) < 4.78 is 5.25. The van der Waals surface area contributed by atoms with Gasteiger partial charge < -0.3 is 15.4 Å². The molecule has 1 aliphatic heterocycles. The third-order valence-corrected chi connectivity index (χ3v) is 4.06. The van der Waals surface area contributed by atoms with E-state index >= 15 is 0 Å². The van der Waals surface area contributed by atoms with Crippen molar-refractivity contribution in [2.45, 2.75) is 57.7 Å². The summed E-state index contributed by atoms with van der Waals surface area (Å²) in [4.78, 5) is 12.0. The van der Waals surface area contributed by atoms with Crippen LogP contribution in [0.5, 0.6) is 0 Å². The van der Waals surface area contributed by atoms with E-state index in [0.717, 1.165) is 25.8 Å². The summed E-state index contributed by atoms with van der Waals surface area (Å²) in [7, 11) is 1.70. The molecule has 0 radical (unpaired) electrons. The van der Waals surface area contributed by atoms with Gasteiger partial charge in [-0.15, -0.1) is 0 Å². The van der Waals surface area contributed by atoms with Crippen molar-refractivity contribution in [2.75, 3.05) is 13.7 Å². The zero-order valence-electron chi connectivity index (χ0n) is 11.1. The van der Waals surface area contributed by atoms with Gasteiger partial charge in [-0.2, -0.15) is 0 Å². The highest BCUT2D eigenvalue weighted by molar-refractivity contribution is 5.82. The number of hydrogen-bond acceptors (Lipinski definition) is 3. The van der Waals surface area contributed by atoms with Gasteiger partial charge >= 0.3 is 0 Å². The van der Waals surface area contributed by atoms with E-state index in [1.165, 1.54) is 6.42 Å². The van der Waals surface area contributed by atoms with Gasteiger partial charge in [-0.3, -0.25) is 4.79 Å². The van der Waals surface area contributed by atoms with Crippen LogP contribution in [-0.2, 0) is 9.53 Å². The molecule has 4 nitrogen and oxygen atoms in total. The van der Waals surface area contributed by atoms with Gasteiger partial charge in [0, 0.05) is 19.7 Å². The summed E-state index contributed by atoms with van der Waals surface area (Å²) >= 11 is 0. The molecule has 0 bridgehead atoms. The van der Waals surface area contributed by atoms with Crippen LogP contribution < -0.4 is 10.6 Å². The molecule has 1 heterocycles. The van der Waals surface area contributed by atoms with Crippen molar-refractivity contribution >= 4 is 5.91 Å². The maximum atomic E-state index is 12.0. The molecule has 3 unspecified atom stereocenters. The maximum absolute atomic E-state index is 12.0. The van der Waals surface area contributed by atoms with Crippen LogP contribution in [0.3, 0.4) is 0 Å². The van der Waals surface area contributed by atoms with E-state index in [-0.39, 0.29) is 18.1 Å². The van der Waals surface area contributed by atoms with Gasteiger partial charge in [-0.1, -0.05) is 13.8 Å². The second kappa shape index (κ2) is 4.94. The van der Waals surface area contributed by atoms with Crippen LogP contribution in [0.4, 0.5) is 0 Å². The van der Waals surface area contributed by atoms with E-state index in [1.54, 1.807) is 7.11 Å². The van der Waals surface area contributed by atoms with E-state index in [4.69, 9.17) is 4.74 Å². The normalized spacial score (nSPS) is 36.1. The average molecular weight is 240 g/mol. The molecule has 0 aromatic rings. The molecule has 17 heavy (non-hydrogen) atoms. The molecule has 2 fully saturated rings. The fourth-order valence-electron chi connectivity index (χ4n) is 2.94. The van der Waals surface area contributed by atoms with Gasteiger partial charge in [0.2, 0.25) is 5.91 Å². The van der Waals surface area contributed by atoms with Crippen molar-refractivity contribution in [3.05, 3.63) is 0 Å². The second-order valence-corrected chi connectivity index (χ2v) is 6.17. The second-order valence-electron chi connectivity index (χ2n) is 6.17. The Hall–Kier alpha value is -0.610. The number of ether oxygens (including phenoxy) is 1. The quantitative estimate of drug-likeness (QED) is 0.775. The molecule has 4 heteroatoms. The standard InChI is InChI=1S/C13H24N2O2/c1-13(2)5-4-9(7-13)15-12(16)11-6-10(17-3)8-14-11/h9-11,14H,4-8H2,1-3H3,(H,15,16). The van der Waals surface area contributed by atoms with Crippen LogP contribution in [0.1, 0.15) is 39.5 Å². The lowest BCUT2D eigenvalue weighted by Gasteiger charge is -2.19. The van der Waals surface area contributed by atoms with E-state index in [1.807, 2.05) is 0 Å². The first kappa shape index (κ1) is 12.8. The van der Waals surface area contributed by atoms with Gasteiger partial charge in [0.15, 0.2) is 0 Å². The van der Waals surface area contributed by atoms with Crippen LogP contribution in [-0.4, -0.2) is 37.7 Å². The molecular formula is C13H24N2O2. The minimum Gasteiger partial charge on any atom is -0.380 e. The predicted octanol–water partition coefficient (Wildman–Crippen LogP) is 1.06. The number of methoxy groups -OCH3 is 1. The molecule has 1 amide bonds. The van der Waals surface area contributed by atoms with Crippen molar-refractivity contribution in [3.63, 3.8) is 0 Å². The molecular weight excluding hydrogens is 216 g/mol. The van der Waals surface area contributed by atoms with Gasteiger partial charge in [-0.05, 0) is 31.1 Å². The zero-order chi connectivity index (χ0) is 12.5. The van der Waals surface area contributed by atoms with Gasteiger partial charge in [-0.25, -0.2) is 0 Å². The number of carbonyl (C=O) groups is 1. The van der Waals surface area contributed by atoms with Gasteiger partial charge in [0.25, 0.3) is 0 Å². The molecule has 1 saturated carbocycles. The first-order chi connectivity index (χ1) is 8.00. The highest BCUT2D eigenvalue weighted by Crippen LogP contribution is 2.36. The smallest absolute Gasteiger partial charge is 0.237 e. The Morgan fingerprint density at radius 2 is 2.24 bits per heavy atom. The lowest BCUT2D eigenvalue weighted by atomic mass is 9.92. The van der Waals surface area contributed by atoms with E-state index in [9.17, 15) is 4.79 Å². The first-order valence-electron chi connectivity index (χ1n) is 6.57. The number of hydrogen-bond donors (Lipinski definition) is 2. The predicted molar refractivity (Wildman–Crippen MR) is 66.8 cm³/mol. The van der Waals surface area contributed by atoms with Crippen LogP contribution in [0.25, 0.3) is 0 Å². The molecule has 1 saturated heterocycles. The van der Waals surface area contributed by atoms with Crippen LogP contribution in [0.2, 0.25) is 0 Å². The molecule has 3 atom stereocenters. The zero-order valence-corrected chi connectivity index (χ0v) is 11.1. The fraction of sp³-hybridized carbons (Fsp3) is 0.923. The highest BCUT2D eigenvalue weighted by Gasteiger charge is 2.35. The summed E-state index contributed by atoms with van der Waals surface area (Å²) in [6, 6.07) is 0.296. The Morgan fingerprint density at radius 1 is 1.47 bits per heavy atom. The van der Waals surface area contributed by atoms with Crippen molar-refractivity contribution < 1.29 is 9.53 Å². The van der Waals surface area contributed by atoms with E-state index in [2.05, 4.69) is 24.5 Å². The first-order valence-corrected chi connectivity index (χ1v) is 6.57. The lowest BCUT2D eigenvalue weighted by molar-refractivity contribution is -0.123. The highest BCUT2D eigenvalue weighted by atomic mass is 16.5. The summed E-state index contributed by atoms with van der Waals surface area (Å²) in [6.45, 7) is 5.33.